The number of Topliss-reactive ketones (excluding diaryl/α,β-unsaturated/α-hetero) is 2. The smallest absolute Gasteiger partial charge is 0.210 e. The molecule has 0 aromatic heterocycles. The van der Waals surface area contributed by atoms with E-state index in [4.69, 9.17) is 0 Å². The SMILES string of the molecule is CC1(C)C=CC2=C(C(=O)c3ccccc3C2=O)N1Cc1ccccc1. The number of rotatable bonds is 2. The summed E-state index contributed by atoms with van der Waals surface area (Å²) in [6.07, 6.45) is 3.82. The van der Waals surface area contributed by atoms with E-state index in [0.717, 1.165) is 5.56 Å². The molecule has 25 heavy (non-hydrogen) atoms. The van der Waals surface area contributed by atoms with Gasteiger partial charge in [-0.15, -0.1) is 0 Å². The minimum Gasteiger partial charge on any atom is -0.355 e. The molecule has 1 aliphatic carbocycles. The minimum absolute atomic E-state index is 0.0708. The summed E-state index contributed by atoms with van der Waals surface area (Å²) >= 11 is 0. The second kappa shape index (κ2) is 5.55. The van der Waals surface area contributed by atoms with Crippen LogP contribution in [-0.4, -0.2) is 22.0 Å². The maximum atomic E-state index is 13.2. The summed E-state index contributed by atoms with van der Waals surface area (Å²) in [5.41, 5.74) is 2.76. The van der Waals surface area contributed by atoms with E-state index in [0.29, 0.717) is 28.9 Å². The molecule has 2 aromatic rings. The van der Waals surface area contributed by atoms with Crippen LogP contribution < -0.4 is 0 Å². The van der Waals surface area contributed by atoms with E-state index >= 15 is 0 Å². The van der Waals surface area contributed by atoms with Gasteiger partial charge in [0.2, 0.25) is 5.78 Å². The molecule has 4 rings (SSSR count). The van der Waals surface area contributed by atoms with Gasteiger partial charge in [-0.2, -0.15) is 0 Å². The Bertz CT molecular complexity index is 936. The van der Waals surface area contributed by atoms with E-state index < -0.39 is 0 Å². The number of allylic oxidation sites excluding steroid dienone is 3. The zero-order valence-electron chi connectivity index (χ0n) is 14.3. The Morgan fingerprint density at radius 3 is 2.12 bits per heavy atom. The van der Waals surface area contributed by atoms with Crippen molar-refractivity contribution in [1.29, 1.82) is 0 Å². The summed E-state index contributed by atoms with van der Waals surface area (Å²) in [5, 5.41) is 0. The molecule has 0 radical (unpaired) electrons. The third kappa shape index (κ3) is 2.43. The zero-order valence-corrected chi connectivity index (χ0v) is 14.3. The maximum absolute atomic E-state index is 13.2. The van der Waals surface area contributed by atoms with Gasteiger partial charge < -0.3 is 4.90 Å². The van der Waals surface area contributed by atoms with Crippen molar-refractivity contribution in [3.63, 3.8) is 0 Å². The highest BCUT2D eigenvalue weighted by molar-refractivity contribution is 6.27. The fraction of sp³-hybridized carbons (Fsp3) is 0.182. The van der Waals surface area contributed by atoms with E-state index in [1.165, 1.54) is 0 Å². The monoisotopic (exact) mass is 329 g/mol. The summed E-state index contributed by atoms with van der Waals surface area (Å²) in [6.45, 7) is 4.71. The molecule has 0 amide bonds. The third-order valence-electron chi connectivity index (χ3n) is 4.94. The van der Waals surface area contributed by atoms with Crippen LogP contribution in [-0.2, 0) is 6.54 Å². The first-order valence-electron chi connectivity index (χ1n) is 8.42. The number of ketones is 2. The van der Waals surface area contributed by atoms with Gasteiger partial charge in [-0.05, 0) is 19.4 Å². The molecule has 1 heterocycles. The van der Waals surface area contributed by atoms with Crippen molar-refractivity contribution >= 4 is 11.6 Å². The minimum atomic E-state index is -0.350. The second-order valence-electron chi connectivity index (χ2n) is 7.02. The lowest BCUT2D eigenvalue weighted by Gasteiger charge is -2.43. The maximum Gasteiger partial charge on any atom is 0.210 e. The lowest BCUT2D eigenvalue weighted by molar-refractivity contribution is 0.0896. The van der Waals surface area contributed by atoms with Crippen molar-refractivity contribution in [2.45, 2.75) is 25.9 Å². The fourth-order valence-corrected chi connectivity index (χ4v) is 3.52. The molecule has 124 valence electrons. The quantitative estimate of drug-likeness (QED) is 0.830. The van der Waals surface area contributed by atoms with Crippen molar-refractivity contribution < 1.29 is 9.59 Å². The Morgan fingerprint density at radius 2 is 1.44 bits per heavy atom. The van der Waals surface area contributed by atoms with Gasteiger partial charge in [0.15, 0.2) is 5.78 Å². The molecule has 0 unspecified atom stereocenters. The van der Waals surface area contributed by atoms with Crippen LogP contribution >= 0.6 is 0 Å². The standard InChI is InChI=1S/C22H19NO2/c1-22(2)13-12-18-19(23(22)14-15-8-4-3-5-9-15)21(25)17-11-7-6-10-16(17)20(18)24/h3-13H,14H2,1-2H3. The Hall–Kier alpha value is -2.94. The molecule has 0 saturated heterocycles. The van der Waals surface area contributed by atoms with Crippen LogP contribution in [0, 0.1) is 0 Å². The van der Waals surface area contributed by atoms with E-state index in [1.807, 2.05) is 47.4 Å². The number of hydrogen-bond acceptors (Lipinski definition) is 3. The van der Waals surface area contributed by atoms with Crippen LogP contribution in [0.15, 0.2) is 78.0 Å². The van der Waals surface area contributed by atoms with Gasteiger partial charge in [-0.3, -0.25) is 9.59 Å². The van der Waals surface area contributed by atoms with Crippen molar-refractivity contribution in [3.05, 3.63) is 94.7 Å². The number of nitrogens with zero attached hydrogens (tertiary/aromatic N) is 1. The van der Waals surface area contributed by atoms with Gasteiger partial charge in [0, 0.05) is 23.2 Å². The van der Waals surface area contributed by atoms with Gasteiger partial charge in [0.05, 0.1) is 11.2 Å². The van der Waals surface area contributed by atoms with Crippen LogP contribution in [0.1, 0.15) is 40.1 Å². The van der Waals surface area contributed by atoms with Crippen molar-refractivity contribution in [1.82, 2.24) is 4.90 Å². The molecule has 2 aromatic carbocycles. The highest BCUT2D eigenvalue weighted by Gasteiger charge is 2.40. The van der Waals surface area contributed by atoms with Crippen molar-refractivity contribution in [2.24, 2.45) is 0 Å². The normalized spacial score (nSPS) is 18.2. The summed E-state index contributed by atoms with van der Waals surface area (Å²) in [4.78, 5) is 28.2. The molecule has 2 aliphatic rings. The van der Waals surface area contributed by atoms with E-state index in [1.54, 1.807) is 24.3 Å². The first kappa shape index (κ1) is 15.6. The van der Waals surface area contributed by atoms with Gasteiger partial charge in [-0.1, -0.05) is 66.7 Å². The van der Waals surface area contributed by atoms with Gasteiger partial charge in [0.1, 0.15) is 0 Å². The average Bonchev–Trinajstić information content (AvgIpc) is 2.62. The Kier molecular flexibility index (Phi) is 3.46. The Labute approximate surface area is 147 Å². The molecule has 1 aliphatic heterocycles. The lowest BCUT2D eigenvalue weighted by Crippen LogP contribution is -2.47. The summed E-state index contributed by atoms with van der Waals surface area (Å²) in [5.74, 6) is -0.145. The van der Waals surface area contributed by atoms with Crippen molar-refractivity contribution in [2.75, 3.05) is 0 Å². The molecule has 0 bridgehead atoms. The largest absolute Gasteiger partial charge is 0.355 e. The van der Waals surface area contributed by atoms with E-state index in [-0.39, 0.29) is 17.1 Å². The lowest BCUT2D eigenvalue weighted by atomic mass is 9.81. The average molecular weight is 329 g/mol. The second-order valence-corrected chi connectivity index (χ2v) is 7.02. The van der Waals surface area contributed by atoms with E-state index in [9.17, 15) is 9.59 Å². The zero-order chi connectivity index (χ0) is 17.6. The van der Waals surface area contributed by atoms with Gasteiger partial charge >= 0.3 is 0 Å². The number of hydrogen-bond donors (Lipinski definition) is 0. The van der Waals surface area contributed by atoms with E-state index in [2.05, 4.69) is 13.8 Å². The molecule has 0 N–H and O–H groups in total. The van der Waals surface area contributed by atoms with Crippen LogP contribution in [0.3, 0.4) is 0 Å². The molecule has 3 nitrogen and oxygen atoms in total. The predicted molar refractivity (Wildman–Crippen MR) is 97.3 cm³/mol. The van der Waals surface area contributed by atoms with Crippen molar-refractivity contribution in [3.8, 4) is 0 Å². The first-order valence-corrected chi connectivity index (χ1v) is 8.42. The molecule has 0 atom stereocenters. The predicted octanol–water partition coefficient (Wildman–Crippen LogP) is 4.17. The molecule has 0 spiro atoms. The Balaban J connectivity index is 1.85. The molecule has 3 heteroatoms. The molecular weight excluding hydrogens is 310 g/mol. The third-order valence-corrected chi connectivity index (χ3v) is 4.94. The first-order chi connectivity index (χ1) is 12.0. The summed E-state index contributed by atoms with van der Waals surface area (Å²) < 4.78 is 0. The van der Waals surface area contributed by atoms with Gasteiger partial charge in [-0.25, -0.2) is 0 Å². The molecule has 0 fully saturated rings. The van der Waals surface area contributed by atoms with Gasteiger partial charge in [0.25, 0.3) is 0 Å². The topological polar surface area (TPSA) is 37.4 Å². The number of fused-ring (bicyclic) bond motifs is 1. The summed E-state index contributed by atoms with van der Waals surface area (Å²) in [6, 6.07) is 17.1. The van der Waals surface area contributed by atoms with Crippen LogP contribution in [0.2, 0.25) is 0 Å². The van der Waals surface area contributed by atoms with Crippen LogP contribution in [0.4, 0.5) is 0 Å². The Morgan fingerprint density at radius 1 is 0.840 bits per heavy atom. The molecular formula is C22H19NO2. The number of carbonyl (C=O) groups is 2. The summed E-state index contributed by atoms with van der Waals surface area (Å²) in [7, 11) is 0. The van der Waals surface area contributed by atoms with Crippen LogP contribution in [0.25, 0.3) is 0 Å². The number of benzene rings is 2. The number of carbonyl (C=O) groups excluding carboxylic acids is 2. The molecule has 0 saturated carbocycles. The fourth-order valence-electron chi connectivity index (χ4n) is 3.52. The van der Waals surface area contributed by atoms with Crippen LogP contribution in [0.5, 0.6) is 0 Å². The highest BCUT2D eigenvalue weighted by atomic mass is 16.1. The highest BCUT2D eigenvalue weighted by Crippen LogP contribution is 2.37.